The Hall–Kier alpha value is -2.81. The van der Waals surface area contributed by atoms with Crippen molar-refractivity contribution in [3.63, 3.8) is 0 Å². The molecule has 4 atom stereocenters. The number of nitrogens with one attached hydrogen (secondary N) is 1. The van der Waals surface area contributed by atoms with Gasteiger partial charge < -0.3 is 4.74 Å². The highest BCUT2D eigenvalue weighted by atomic mass is 32.2. The highest BCUT2D eigenvalue weighted by molar-refractivity contribution is 7.89. The molecule has 0 bridgehead atoms. The van der Waals surface area contributed by atoms with Crippen LogP contribution in [-0.2, 0) is 26.0 Å². The van der Waals surface area contributed by atoms with Gasteiger partial charge in [-0.1, -0.05) is 18.2 Å². The van der Waals surface area contributed by atoms with E-state index in [0.717, 1.165) is 12.1 Å². The Morgan fingerprint density at radius 2 is 1.81 bits per heavy atom. The van der Waals surface area contributed by atoms with E-state index in [0.29, 0.717) is 18.9 Å². The van der Waals surface area contributed by atoms with Crippen LogP contribution in [0.15, 0.2) is 36.4 Å². The van der Waals surface area contributed by atoms with E-state index in [9.17, 15) is 31.6 Å². The maximum absolute atomic E-state index is 15.7. The quantitative estimate of drug-likeness (QED) is 0.511. The molecule has 37 heavy (non-hydrogen) atoms. The van der Waals surface area contributed by atoms with E-state index < -0.39 is 68.2 Å². The van der Waals surface area contributed by atoms with Gasteiger partial charge in [0.15, 0.2) is 5.78 Å². The second-order valence-corrected chi connectivity index (χ2v) is 11.9. The molecule has 2 aliphatic carbocycles. The van der Waals surface area contributed by atoms with E-state index >= 15 is 4.39 Å². The first-order chi connectivity index (χ1) is 17.5. The van der Waals surface area contributed by atoms with Gasteiger partial charge in [-0.05, 0) is 60.3 Å². The van der Waals surface area contributed by atoms with Crippen LogP contribution in [0.3, 0.4) is 0 Å². The molecule has 0 amide bonds. The van der Waals surface area contributed by atoms with Crippen LogP contribution in [0.1, 0.15) is 31.2 Å². The van der Waals surface area contributed by atoms with Crippen LogP contribution in [0.5, 0.6) is 0 Å². The van der Waals surface area contributed by atoms with Crippen molar-refractivity contribution in [1.29, 1.82) is 5.26 Å². The highest BCUT2D eigenvalue weighted by Crippen LogP contribution is 2.63. The number of ketones is 1. The molecule has 0 aromatic heterocycles. The summed E-state index contributed by atoms with van der Waals surface area (Å²) in [6.07, 6.45) is 1.54. The molecule has 1 aliphatic heterocycles. The van der Waals surface area contributed by atoms with Gasteiger partial charge in [0.2, 0.25) is 21.6 Å². The summed E-state index contributed by atoms with van der Waals surface area (Å²) < 4.78 is 88.8. The fraction of sp³-hybridized carbons (Fsp3) is 0.462. The number of nitrogens with zero attached hydrogens (tertiary/aromatic N) is 1. The average Bonchev–Trinajstić information content (AvgIpc) is 3.54. The summed E-state index contributed by atoms with van der Waals surface area (Å²) >= 11 is 0. The minimum Gasteiger partial charge on any atom is -0.353 e. The van der Waals surface area contributed by atoms with Gasteiger partial charge >= 0.3 is 0 Å². The smallest absolute Gasteiger partial charge is 0.241 e. The minimum absolute atomic E-state index is 0.0180. The van der Waals surface area contributed by atoms with Crippen LogP contribution in [0.4, 0.5) is 17.6 Å². The molecule has 2 aromatic carbocycles. The number of alkyl halides is 1. The van der Waals surface area contributed by atoms with Gasteiger partial charge in [0, 0.05) is 30.0 Å². The molecule has 196 valence electrons. The summed E-state index contributed by atoms with van der Waals surface area (Å²) in [7, 11) is -4.31. The van der Waals surface area contributed by atoms with Gasteiger partial charge in [-0.3, -0.25) is 4.79 Å². The first kappa shape index (κ1) is 25.8. The molecule has 0 radical (unpaired) electrons. The maximum atomic E-state index is 15.7. The van der Waals surface area contributed by atoms with Crippen LogP contribution in [-0.4, -0.2) is 38.5 Å². The number of nitriles is 1. The number of hydrogen-bond donors (Lipinski definition) is 1. The van der Waals surface area contributed by atoms with Gasteiger partial charge in [0.05, 0.1) is 6.61 Å². The molecule has 6 nitrogen and oxygen atoms in total. The molecule has 5 rings (SSSR count). The summed E-state index contributed by atoms with van der Waals surface area (Å²) in [6.45, 7) is 0.237. The predicted octanol–water partition coefficient (Wildman–Crippen LogP) is 4.20. The van der Waals surface area contributed by atoms with E-state index in [-0.39, 0.29) is 42.6 Å². The van der Waals surface area contributed by atoms with Crippen LogP contribution < -0.4 is 4.72 Å². The van der Waals surface area contributed by atoms with E-state index in [1.165, 1.54) is 18.2 Å². The monoisotopic (exact) mass is 536 g/mol. The fourth-order valence-corrected chi connectivity index (χ4v) is 6.80. The van der Waals surface area contributed by atoms with Crippen molar-refractivity contribution in [1.82, 2.24) is 4.72 Å². The SMILES string of the molecule is N#C[C@]1(C(=O)C2CC3(CC3)[C@H](NS(=O)(=O)CF)[C@@H]2Cc2cccc(-c3cc(F)cc(F)c3)c2F)CCO1. The zero-order valence-electron chi connectivity index (χ0n) is 19.6. The summed E-state index contributed by atoms with van der Waals surface area (Å²) in [6, 6.07) is 6.41. The lowest BCUT2D eigenvalue weighted by Crippen LogP contribution is -2.53. The van der Waals surface area contributed by atoms with Crippen LogP contribution in [0.25, 0.3) is 11.1 Å². The number of carbonyl (C=O) groups is 1. The van der Waals surface area contributed by atoms with E-state index in [4.69, 9.17) is 4.74 Å². The zero-order valence-corrected chi connectivity index (χ0v) is 20.5. The van der Waals surface area contributed by atoms with E-state index in [2.05, 4.69) is 4.72 Å². The maximum Gasteiger partial charge on any atom is 0.241 e. The number of hydrogen-bond acceptors (Lipinski definition) is 5. The average molecular weight is 537 g/mol. The molecular weight excluding hydrogens is 512 g/mol. The largest absolute Gasteiger partial charge is 0.353 e. The third-order valence-corrected chi connectivity index (χ3v) is 8.90. The Balaban J connectivity index is 1.55. The lowest BCUT2D eigenvalue weighted by molar-refractivity contribution is -0.163. The van der Waals surface area contributed by atoms with Crippen molar-refractivity contribution in [3.05, 3.63) is 59.4 Å². The van der Waals surface area contributed by atoms with Crippen molar-refractivity contribution >= 4 is 15.8 Å². The molecule has 1 heterocycles. The van der Waals surface area contributed by atoms with Crippen molar-refractivity contribution < 1.29 is 35.5 Å². The zero-order chi connectivity index (χ0) is 26.6. The molecule has 1 saturated heterocycles. The molecule has 3 fully saturated rings. The number of ether oxygens (including phenoxy) is 1. The van der Waals surface area contributed by atoms with E-state index in [1.54, 1.807) is 0 Å². The lowest BCUT2D eigenvalue weighted by atomic mass is 9.77. The molecular formula is C26H24F4N2O4S. The number of sulfonamides is 1. The Labute approximate surface area is 211 Å². The first-order valence-corrected chi connectivity index (χ1v) is 13.6. The number of halogens is 4. The standard InChI is InChI=1S/C26H24F4N2O4S/c27-14-37(34,35)32-23-20(21(12-25(23)4-5-25)24(33)26(13-31)6-7-36-26)10-15-2-1-3-19(22(15)30)16-8-17(28)11-18(29)9-16/h1-3,8-9,11,20-21,23,32H,4-7,10,12,14H2/t20-,21?,23-,26+/m1/s1. The van der Waals surface area contributed by atoms with Crippen LogP contribution >= 0.6 is 0 Å². The van der Waals surface area contributed by atoms with Crippen LogP contribution in [0.2, 0.25) is 0 Å². The van der Waals surface area contributed by atoms with Crippen molar-refractivity contribution in [2.75, 3.05) is 12.6 Å². The number of carbonyl (C=O) groups excluding carboxylic acids is 1. The minimum atomic E-state index is -4.31. The molecule has 1 spiro atoms. The number of Topliss-reactive ketones (excluding diaryl/α,β-unsaturated/α-hetero) is 1. The van der Waals surface area contributed by atoms with E-state index in [1.807, 2.05) is 6.07 Å². The Morgan fingerprint density at radius 3 is 2.35 bits per heavy atom. The van der Waals surface area contributed by atoms with Crippen molar-refractivity contribution in [3.8, 4) is 17.2 Å². The molecule has 11 heteroatoms. The Morgan fingerprint density at radius 1 is 1.14 bits per heavy atom. The topological polar surface area (TPSA) is 96.3 Å². The number of benzene rings is 2. The van der Waals surface area contributed by atoms with Gasteiger partial charge in [-0.25, -0.2) is 30.7 Å². The first-order valence-electron chi connectivity index (χ1n) is 11.9. The fourth-order valence-electron chi connectivity index (χ4n) is 5.93. The third kappa shape index (κ3) is 4.56. The summed E-state index contributed by atoms with van der Waals surface area (Å²) in [4.78, 5) is 13.5. The predicted molar refractivity (Wildman–Crippen MR) is 124 cm³/mol. The molecule has 2 saturated carbocycles. The highest BCUT2D eigenvalue weighted by Gasteiger charge is 2.64. The summed E-state index contributed by atoms with van der Waals surface area (Å²) in [5.74, 6) is -4.62. The van der Waals surface area contributed by atoms with Gasteiger partial charge in [0.1, 0.15) is 23.5 Å². The lowest BCUT2D eigenvalue weighted by Gasteiger charge is -2.37. The molecule has 1 N–H and O–H groups in total. The second kappa shape index (κ2) is 9.19. The number of rotatable bonds is 8. The summed E-state index contributed by atoms with van der Waals surface area (Å²) in [5.41, 5.74) is -2.21. The molecule has 3 aliphatic rings. The molecule has 2 aromatic rings. The van der Waals surface area contributed by atoms with Crippen molar-refractivity contribution in [2.24, 2.45) is 17.3 Å². The Bertz CT molecular complexity index is 1380. The normalized spacial score (nSPS) is 28.0. The van der Waals surface area contributed by atoms with Crippen LogP contribution in [0, 0.1) is 46.0 Å². The van der Waals surface area contributed by atoms with Gasteiger partial charge in [-0.15, -0.1) is 0 Å². The van der Waals surface area contributed by atoms with Gasteiger partial charge in [-0.2, -0.15) is 5.26 Å². The second-order valence-electron chi connectivity index (χ2n) is 10.2. The van der Waals surface area contributed by atoms with Gasteiger partial charge in [0.25, 0.3) is 0 Å². The summed E-state index contributed by atoms with van der Waals surface area (Å²) in [5, 5.41) is 9.65. The van der Waals surface area contributed by atoms with Crippen molar-refractivity contribution in [2.45, 2.75) is 43.7 Å². The Kier molecular flexibility index (Phi) is 6.41. The molecule has 1 unspecified atom stereocenters. The third-order valence-electron chi connectivity index (χ3n) is 8.00.